The summed E-state index contributed by atoms with van der Waals surface area (Å²) in [6.07, 6.45) is 0.975. The molecule has 0 aromatic heterocycles. The number of amides is 3. The second-order valence-corrected chi connectivity index (χ2v) is 5.89. The minimum Gasteiger partial charge on any atom is -0.380 e. The van der Waals surface area contributed by atoms with E-state index in [1.807, 2.05) is 0 Å². The lowest BCUT2D eigenvalue weighted by molar-refractivity contribution is -0.121. The summed E-state index contributed by atoms with van der Waals surface area (Å²) in [5.74, 6) is -0.631. The molecule has 124 valence electrons. The average Bonchev–Trinajstić information content (AvgIpc) is 2.76. The molecule has 0 saturated carbocycles. The van der Waals surface area contributed by atoms with Crippen LogP contribution in [-0.2, 0) is 9.53 Å². The van der Waals surface area contributed by atoms with Crippen LogP contribution in [0.3, 0.4) is 0 Å². The van der Waals surface area contributed by atoms with Gasteiger partial charge in [-0.05, 0) is 24.5 Å². The van der Waals surface area contributed by atoms with Crippen LogP contribution < -0.4 is 5.32 Å². The fourth-order valence-electron chi connectivity index (χ4n) is 2.27. The number of carbonyl (C=O) groups excluding carboxylic acids is 3. The van der Waals surface area contributed by atoms with Crippen LogP contribution in [0.4, 0.5) is 0 Å². The number of nitrogens with one attached hydrogen (secondary N) is 1. The molecule has 6 heteroatoms. The van der Waals surface area contributed by atoms with Gasteiger partial charge in [0.05, 0.1) is 17.7 Å². The molecule has 1 aromatic rings. The van der Waals surface area contributed by atoms with Gasteiger partial charge in [-0.2, -0.15) is 0 Å². The lowest BCUT2D eigenvalue weighted by atomic mass is 10.1. The molecule has 23 heavy (non-hydrogen) atoms. The number of carbonyl (C=O) groups is 3. The first-order valence-corrected chi connectivity index (χ1v) is 7.80. The van der Waals surface area contributed by atoms with Crippen molar-refractivity contribution in [1.29, 1.82) is 0 Å². The lowest BCUT2D eigenvalue weighted by Gasteiger charge is -2.13. The van der Waals surface area contributed by atoms with Gasteiger partial charge in [-0.3, -0.25) is 19.3 Å². The van der Waals surface area contributed by atoms with Gasteiger partial charge in [0.2, 0.25) is 5.91 Å². The first-order valence-electron chi connectivity index (χ1n) is 7.80. The van der Waals surface area contributed by atoms with E-state index >= 15 is 0 Å². The molecule has 0 radical (unpaired) electrons. The maximum atomic E-state index is 12.1. The molecule has 1 N–H and O–H groups in total. The number of fused-ring (bicyclic) bond motifs is 1. The molecule has 1 heterocycles. The molecule has 0 atom stereocenters. The van der Waals surface area contributed by atoms with E-state index in [1.54, 1.807) is 24.3 Å². The van der Waals surface area contributed by atoms with Gasteiger partial charge in [0.25, 0.3) is 11.8 Å². The largest absolute Gasteiger partial charge is 0.380 e. The molecular formula is C17H22N2O4. The molecule has 0 spiro atoms. The van der Waals surface area contributed by atoms with Crippen LogP contribution in [-0.4, -0.2) is 48.9 Å². The van der Waals surface area contributed by atoms with Gasteiger partial charge in [0.15, 0.2) is 0 Å². The van der Waals surface area contributed by atoms with Gasteiger partial charge in [0.1, 0.15) is 6.54 Å². The highest BCUT2D eigenvalue weighted by atomic mass is 16.5. The predicted octanol–water partition coefficient (Wildman–Crippen LogP) is 1.46. The molecule has 2 rings (SSSR count). The third-order valence-electron chi connectivity index (χ3n) is 3.59. The number of imide groups is 1. The van der Waals surface area contributed by atoms with Gasteiger partial charge in [0, 0.05) is 13.2 Å². The standard InChI is InChI=1S/C17H22N2O4/c1-12(2)7-9-23-10-8-18-15(20)11-19-16(21)13-5-3-4-6-14(13)17(19)22/h3-6,12H,7-11H2,1-2H3,(H,18,20). The Morgan fingerprint density at radius 2 is 1.74 bits per heavy atom. The van der Waals surface area contributed by atoms with Crippen molar-refractivity contribution in [3.63, 3.8) is 0 Å². The molecule has 1 aliphatic heterocycles. The number of ether oxygens (including phenoxy) is 1. The minimum atomic E-state index is -0.422. The van der Waals surface area contributed by atoms with Crippen LogP contribution in [0.25, 0.3) is 0 Å². The van der Waals surface area contributed by atoms with Crippen LogP contribution >= 0.6 is 0 Å². The number of rotatable bonds is 8. The van der Waals surface area contributed by atoms with Crippen LogP contribution in [0.1, 0.15) is 41.0 Å². The highest BCUT2D eigenvalue weighted by molar-refractivity contribution is 6.22. The van der Waals surface area contributed by atoms with Gasteiger partial charge in [-0.15, -0.1) is 0 Å². The van der Waals surface area contributed by atoms with Crippen molar-refractivity contribution in [1.82, 2.24) is 10.2 Å². The number of hydrogen-bond acceptors (Lipinski definition) is 4. The van der Waals surface area contributed by atoms with Crippen molar-refractivity contribution in [2.75, 3.05) is 26.3 Å². The summed E-state index contributed by atoms with van der Waals surface area (Å²) in [4.78, 5) is 37.1. The van der Waals surface area contributed by atoms with Crippen LogP contribution in [0.2, 0.25) is 0 Å². The fourth-order valence-corrected chi connectivity index (χ4v) is 2.27. The molecule has 0 unspecified atom stereocenters. The van der Waals surface area contributed by atoms with Crippen LogP contribution in [0.15, 0.2) is 24.3 Å². The summed E-state index contributed by atoms with van der Waals surface area (Å²) < 4.78 is 5.40. The van der Waals surface area contributed by atoms with E-state index in [0.717, 1.165) is 11.3 Å². The van der Waals surface area contributed by atoms with E-state index in [9.17, 15) is 14.4 Å². The molecule has 0 fully saturated rings. The van der Waals surface area contributed by atoms with E-state index < -0.39 is 11.8 Å². The van der Waals surface area contributed by atoms with Crippen molar-refractivity contribution in [2.45, 2.75) is 20.3 Å². The molecule has 0 aliphatic carbocycles. The summed E-state index contributed by atoms with van der Waals surface area (Å²) in [7, 11) is 0. The van der Waals surface area contributed by atoms with Crippen LogP contribution in [0, 0.1) is 5.92 Å². The predicted molar refractivity (Wildman–Crippen MR) is 85.1 cm³/mol. The van der Waals surface area contributed by atoms with E-state index in [1.165, 1.54) is 0 Å². The summed E-state index contributed by atoms with van der Waals surface area (Å²) >= 11 is 0. The number of nitrogens with zero attached hydrogens (tertiary/aromatic N) is 1. The number of hydrogen-bond donors (Lipinski definition) is 1. The Morgan fingerprint density at radius 1 is 1.13 bits per heavy atom. The summed E-state index contributed by atoms with van der Waals surface area (Å²) in [5, 5.41) is 2.66. The second kappa shape index (κ2) is 7.87. The molecule has 1 aliphatic rings. The smallest absolute Gasteiger partial charge is 0.262 e. The summed E-state index contributed by atoms with van der Waals surface area (Å²) in [6, 6.07) is 6.58. The molecule has 3 amide bonds. The van der Waals surface area contributed by atoms with Crippen molar-refractivity contribution in [3.8, 4) is 0 Å². The Hall–Kier alpha value is -2.21. The van der Waals surface area contributed by atoms with Gasteiger partial charge < -0.3 is 10.1 Å². The normalized spacial score (nSPS) is 13.6. The van der Waals surface area contributed by atoms with Crippen molar-refractivity contribution >= 4 is 17.7 Å². The quantitative estimate of drug-likeness (QED) is 0.581. The topological polar surface area (TPSA) is 75.7 Å². The van der Waals surface area contributed by atoms with E-state index in [-0.39, 0.29) is 12.5 Å². The highest BCUT2D eigenvalue weighted by Gasteiger charge is 2.36. The Labute approximate surface area is 135 Å². The third-order valence-corrected chi connectivity index (χ3v) is 3.59. The van der Waals surface area contributed by atoms with Crippen molar-refractivity contribution in [2.24, 2.45) is 5.92 Å². The van der Waals surface area contributed by atoms with Crippen molar-refractivity contribution in [3.05, 3.63) is 35.4 Å². The molecular weight excluding hydrogens is 296 g/mol. The number of benzene rings is 1. The highest BCUT2D eigenvalue weighted by Crippen LogP contribution is 2.21. The van der Waals surface area contributed by atoms with E-state index in [2.05, 4.69) is 19.2 Å². The zero-order valence-electron chi connectivity index (χ0n) is 13.5. The van der Waals surface area contributed by atoms with Gasteiger partial charge >= 0.3 is 0 Å². The maximum absolute atomic E-state index is 12.1. The van der Waals surface area contributed by atoms with Crippen LogP contribution in [0.5, 0.6) is 0 Å². The summed E-state index contributed by atoms with van der Waals surface area (Å²) in [5.41, 5.74) is 0.699. The SMILES string of the molecule is CC(C)CCOCCNC(=O)CN1C(=O)c2ccccc2C1=O. The van der Waals surface area contributed by atoms with E-state index in [4.69, 9.17) is 4.74 Å². The van der Waals surface area contributed by atoms with Crippen molar-refractivity contribution < 1.29 is 19.1 Å². The molecule has 6 nitrogen and oxygen atoms in total. The zero-order chi connectivity index (χ0) is 16.8. The monoisotopic (exact) mass is 318 g/mol. The Kier molecular flexibility index (Phi) is 5.87. The second-order valence-electron chi connectivity index (χ2n) is 5.89. The average molecular weight is 318 g/mol. The summed E-state index contributed by atoms with van der Waals surface area (Å²) in [6.45, 7) is 5.41. The Morgan fingerprint density at radius 3 is 2.30 bits per heavy atom. The zero-order valence-corrected chi connectivity index (χ0v) is 13.5. The Bertz CT molecular complexity index is 563. The van der Waals surface area contributed by atoms with Gasteiger partial charge in [-0.25, -0.2) is 0 Å². The van der Waals surface area contributed by atoms with E-state index in [0.29, 0.717) is 36.8 Å². The lowest BCUT2D eigenvalue weighted by Crippen LogP contribution is -2.41. The minimum absolute atomic E-state index is 0.266. The Balaban J connectivity index is 1.74. The maximum Gasteiger partial charge on any atom is 0.262 e. The molecule has 1 aromatic carbocycles. The first-order chi connectivity index (χ1) is 11.0. The fraction of sp³-hybridized carbons (Fsp3) is 0.471. The first kappa shape index (κ1) is 17.1. The van der Waals surface area contributed by atoms with Gasteiger partial charge in [-0.1, -0.05) is 26.0 Å². The molecule has 0 bridgehead atoms. The third kappa shape index (κ3) is 4.39. The molecule has 0 saturated heterocycles.